The van der Waals surface area contributed by atoms with Gasteiger partial charge >= 0.3 is 0 Å². The van der Waals surface area contributed by atoms with Crippen molar-refractivity contribution in [2.24, 2.45) is 0 Å². The van der Waals surface area contributed by atoms with Gasteiger partial charge in [-0.1, -0.05) is 134 Å². The standard InChI is InChI=1S/C61H41N3/c1-30-20-21-31-36-27-37-45-43(28-62-55-47(45)51-32-12-2-6-16-38(32)60(51)40-18-8-4-14-34(40)53(55)60)64-44-29-63-56-48(52-33-13-3-7-17-39(33)61(52)41-19-9-5-15-35(41)54(56)61)46(44)49(57(37)64)50(36)59-24-10-22-58(59,23-11-25-59)42(31)26-30/h2-9,12-21,26-29,51-54H,10-11,22-25H2,1H3. The Morgan fingerprint density at radius 3 is 1.56 bits per heavy atom. The van der Waals surface area contributed by atoms with Crippen LogP contribution in [0.1, 0.15) is 146 Å². The van der Waals surface area contributed by atoms with Crippen LogP contribution in [-0.2, 0) is 21.7 Å². The number of pyridine rings is 2. The van der Waals surface area contributed by atoms with Crippen molar-refractivity contribution in [2.75, 3.05) is 0 Å². The Balaban J connectivity index is 1.03. The van der Waals surface area contributed by atoms with Crippen LogP contribution < -0.4 is 0 Å². The van der Waals surface area contributed by atoms with Crippen LogP contribution in [0.5, 0.6) is 0 Å². The molecule has 9 aliphatic carbocycles. The second-order valence-electron chi connectivity index (χ2n) is 21.8. The number of hydrogen-bond donors (Lipinski definition) is 0. The molecule has 10 aromatic rings. The summed E-state index contributed by atoms with van der Waals surface area (Å²) in [5.41, 5.74) is 29.6. The van der Waals surface area contributed by atoms with Gasteiger partial charge in [0.25, 0.3) is 0 Å². The number of rotatable bonds is 0. The quantitative estimate of drug-likeness (QED) is 0.153. The van der Waals surface area contributed by atoms with Crippen molar-refractivity contribution in [3.8, 4) is 11.1 Å². The molecular weight excluding hydrogens is 775 g/mol. The van der Waals surface area contributed by atoms with Crippen molar-refractivity contribution in [1.82, 2.24) is 14.4 Å². The van der Waals surface area contributed by atoms with Crippen LogP contribution in [-0.4, -0.2) is 14.4 Å². The molecule has 3 heteroatoms. The van der Waals surface area contributed by atoms with Crippen molar-refractivity contribution in [3.05, 3.63) is 217 Å². The van der Waals surface area contributed by atoms with Crippen molar-refractivity contribution in [3.63, 3.8) is 0 Å². The summed E-state index contributed by atoms with van der Waals surface area (Å²) in [5.74, 6) is 1.15. The van der Waals surface area contributed by atoms with E-state index >= 15 is 0 Å². The van der Waals surface area contributed by atoms with E-state index in [4.69, 9.17) is 9.97 Å². The van der Waals surface area contributed by atoms with E-state index in [2.05, 4.69) is 145 Å². The molecule has 19 rings (SSSR count). The molecule has 0 bridgehead atoms. The van der Waals surface area contributed by atoms with Gasteiger partial charge in [0.05, 0.1) is 40.3 Å². The van der Waals surface area contributed by atoms with E-state index in [-0.39, 0.29) is 39.4 Å². The first-order chi connectivity index (χ1) is 31.6. The number of benzene rings is 6. The highest BCUT2D eigenvalue weighted by Crippen LogP contribution is 2.80. The lowest BCUT2D eigenvalue weighted by atomic mass is 9.43. The summed E-state index contributed by atoms with van der Waals surface area (Å²) in [7, 11) is 0. The molecule has 0 amide bonds. The van der Waals surface area contributed by atoms with Gasteiger partial charge in [-0.05, 0) is 117 Å². The van der Waals surface area contributed by atoms with Gasteiger partial charge in [-0.25, -0.2) is 0 Å². The SMILES string of the molecule is Cc1ccc2c(c1)C13CCCC1(CCC3)c1c-2cc2c3c4c(ncc3n3c5cnc6c(c5c1c23)C1c2ccccc2C12c1ccccc1C62)C1c2ccccc2C12c1ccccc1C42. The molecule has 6 unspecified atom stereocenters. The van der Waals surface area contributed by atoms with Crippen molar-refractivity contribution >= 4 is 38.1 Å². The third kappa shape index (κ3) is 2.72. The summed E-state index contributed by atoms with van der Waals surface area (Å²) in [6.45, 7) is 2.33. The zero-order valence-electron chi connectivity index (χ0n) is 35.6. The molecule has 2 saturated carbocycles. The van der Waals surface area contributed by atoms with Gasteiger partial charge in [0.1, 0.15) is 0 Å². The first kappa shape index (κ1) is 32.1. The van der Waals surface area contributed by atoms with Crippen LogP contribution in [0.3, 0.4) is 0 Å². The minimum Gasteiger partial charge on any atom is -0.305 e. The molecule has 6 aromatic carbocycles. The zero-order valence-corrected chi connectivity index (χ0v) is 35.6. The minimum atomic E-state index is -0.0413. The lowest BCUT2D eigenvalue weighted by molar-refractivity contribution is 0.301. The van der Waals surface area contributed by atoms with Crippen LogP contribution in [0.4, 0.5) is 0 Å². The fourth-order valence-corrected chi connectivity index (χ4v) is 18.8. The summed E-state index contributed by atoms with van der Waals surface area (Å²) in [5, 5.41) is 5.92. The number of hydrogen-bond acceptors (Lipinski definition) is 2. The predicted octanol–water partition coefficient (Wildman–Crippen LogP) is 13.2. The molecule has 0 saturated heterocycles. The van der Waals surface area contributed by atoms with Gasteiger partial charge in [-0.3, -0.25) is 9.97 Å². The molecule has 0 N–H and O–H groups in total. The van der Waals surface area contributed by atoms with Gasteiger partial charge in [-0.15, -0.1) is 0 Å². The Morgan fingerprint density at radius 2 is 0.984 bits per heavy atom. The van der Waals surface area contributed by atoms with Crippen molar-refractivity contribution < 1.29 is 0 Å². The molecule has 6 atom stereocenters. The average Bonchev–Trinajstić information content (AvgIpc) is 4.11. The normalized spacial score (nSPS) is 31.1. The monoisotopic (exact) mass is 815 g/mol. The average molecular weight is 816 g/mol. The highest BCUT2D eigenvalue weighted by molar-refractivity contribution is 6.28. The van der Waals surface area contributed by atoms with Gasteiger partial charge in [0, 0.05) is 66.9 Å². The maximum atomic E-state index is 5.73. The fourth-order valence-electron chi connectivity index (χ4n) is 18.8. The lowest BCUT2D eigenvalue weighted by Gasteiger charge is -2.58. The second kappa shape index (κ2) is 9.59. The van der Waals surface area contributed by atoms with E-state index in [1.54, 1.807) is 16.5 Å². The van der Waals surface area contributed by atoms with Crippen LogP contribution in [0, 0.1) is 6.92 Å². The summed E-state index contributed by atoms with van der Waals surface area (Å²) >= 11 is 0. The molecule has 4 aromatic heterocycles. The number of nitrogens with zero attached hydrogens (tertiary/aromatic N) is 3. The van der Waals surface area contributed by atoms with Gasteiger partial charge in [0.2, 0.25) is 0 Å². The van der Waals surface area contributed by atoms with E-state index in [0.717, 1.165) is 0 Å². The summed E-state index contributed by atoms with van der Waals surface area (Å²) in [6.07, 6.45) is 12.4. The molecule has 2 fully saturated rings. The second-order valence-corrected chi connectivity index (χ2v) is 21.8. The van der Waals surface area contributed by atoms with E-state index in [1.807, 2.05) is 0 Å². The fraction of sp³-hybridized carbons (Fsp3) is 0.246. The molecule has 2 spiro atoms. The first-order valence-electron chi connectivity index (χ1n) is 24.2. The molecule has 3 nitrogen and oxygen atoms in total. The van der Waals surface area contributed by atoms with Gasteiger partial charge in [-0.2, -0.15) is 0 Å². The number of aromatic nitrogens is 3. The molecule has 64 heavy (non-hydrogen) atoms. The molecular formula is C61H41N3. The molecule has 4 heterocycles. The molecule has 0 aliphatic heterocycles. The predicted molar refractivity (Wildman–Crippen MR) is 253 cm³/mol. The van der Waals surface area contributed by atoms with Crippen LogP contribution in [0.2, 0.25) is 0 Å². The van der Waals surface area contributed by atoms with Crippen LogP contribution in [0.25, 0.3) is 49.2 Å². The summed E-state index contributed by atoms with van der Waals surface area (Å²) in [6, 6.07) is 47.8. The smallest absolute Gasteiger partial charge is 0.0728 e. The maximum absolute atomic E-state index is 5.73. The highest BCUT2D eigenvalue weighted by atomic mass is 15.0. The molecule has 9 aliphatic rings. The maximum Gasteiger partial charge on any atom is 0.0728 e. The van der Waals surface area contributed by atoms with Crippen molar-refractivity contribution in [2.45, 2.75) is 90.8 Å². The van der Waals surface area contributed by atoms with E-state index < -0.39 is 0 Å². The summed E-state index contributed by atoms with van der Waals surface area (Å²) in [4.78, 5) is 11.4. The topological polar surface area (TPSA) is 30.2 Å². The number of aryl methyl sites for hydroxylation is 1. The number of fused-ring (bicyclic) bond motifs is 26. The zero-order chi connectivity index (χ0) is 41.0. The van der Waals surface area contributed by atoms with Gasteiger partial charge < -0.3 is 4.40 Å². The Morgan fingerprint density at radius 1 is 0.484 bits per heavy atom. The van der Waals surface area contributed by atoms with Crippen LogP contribution in [0.15, 0.2) is 134 Å². The minimum absolute atomic E-state index is 0.0384. The third-order valence-electron chi connectivity index (χ3n) is 20.4. The van der Waals surface area contributed by atoms with E-state index in [9.17, 15) is 0 Å². The van der Waals surface area contributed by atoms with Crippen LogP contribution >= 0.6 is 0 Å². The van der Waals surface area contributed by atoms with Gasteiger partial charge in [0.15, 0.2) is 0 Å². The van der Waals surface area contributed by atoms with Crippen molar-refractivity contribution in [1.29, 1.82) is 0 Å². The third-order valence-corrected chi connectivity index (χ3v) is 20.4. The molecule has 0 radical (unpaired) electrons. The Labute approximate surface area is 370 Å². The van der Waals surface area contributed by atoms with E-state index in [0.29, 0.717) is 5.92 Å². The molecule has 300 valence electrons. The Bertz CT molecular complexity index is 3990. The summed E-state index contributed by atoms with van der Waals surface area (Å²) < 4.78 is 2.71. The van der Waals surface area contributed by atoms with E-state index in [1.165, 1.54) is 155 Å². The lowest BCUT2D eigenvalue weighted by Crippen LogP contribution is -2.52. The Hall–Kier alpha value is -6.58. The highest BCUT2D eigenvalue weighted by Gasteiger charge is 2.72. The first-order valence-corrected chi connectivity index (χ1v) is 24.2. The Kier molecular flexibility index (Phi) is 4.82. The largest absolute Gasteiger partial charge is 0.305 e.